The van der Waals surface area contributed by atoms with Crippen LogP contribution in [0.3, 0.4) is 0 Å². The largest absolute Gasteiger partial charge is 0.352 e. The number of anilines is 1. The smallest absolute Gasteiger partial charge is 0.277 e. The minimum atomic E-state index is -0.237. The molecular formula is C23H24N6O2. The summed E-state index contributed by atoms with van der Waals surface area (Å²) in [6.45, 7) is 2.80. The van der Waals surface area contributed by atoms with Crippen LogP contribution in [-0.2, 0) is 24.3 Å². The Bertz CT molecular complexity index is 1230. The fourth-order valence-corrected chi connectivity index (χ4v) is 3.33. The predicted octanol–water partition coefficient (Wildman–Crippen LogP) is 2.59. The summed E-state index contributed by atoms with van der Waals surface area (Å²) in [5.41, 5.74) is 2.98. The second kappa shape index (κ2) is 9.25. The van der Waals surface area contributed by atoms with Gasteiger partial charge in [0.2, 0.25) is 11.9 Å². The number of carbonyl (C=O) groups excluding carboxylic acids is 1. The van der Waals surface area contributed by atoms with E-state index in [1.807, 2.05) is 60.7 Å². The van der Waals surface area contributed by atoms with Gasteiger partial charge in [0, 0.05) is 25.1 Å². The Kier molecular flexibility index (Phi) is 6.07. The molecule has 2 aromatic carbocycles. The number of aromatic nitrogens is 4. The molecule has 158 valence electrons. The summed E-state index contributed by atoms with van der Waals surface area (Å²) in [5.74, 6) is 0.656. The van der Waals surface area contributed by atoms with Crippen molar-refractivity contribution in [1.82, 2.24) is 24.9 Å². The lowest BCUT2D eigenvalue weighted by molar-refractivity contribution is -0.121. The molecule has 0 atom stereocenters. The first-order valence-corrected chi connectivity index (χ1v) is 10.2. The van der Waals surface area contributed by atoms with Gasteiger partial charge in [-0.15, -0.1) is 0 Å². The molecule has 31 heavy (non-hydrogen) atoms. The maximum absolute atomic E-state index is 12.9. The number of carbonyl (C=O) groups is 1. The molecule has 0 aliphatic rings. The van der Waals surface area contributed by atoms with Gasteiger partial charge in [-0.25, -0.2) is 4.98 Å². The number of rotatable bonds is 8. The van der Waals surface area contributed by atoms with Gasteiger partial charge in [-0.1, -0.05) is 60.7 Å². The Balaban J connectivity index is 1.42. The molecule has 2 heterocycles. The van der Waals surface area contributed by atoms with E-state index in [1.54, 1.807) is 6.92 Å². The zero-order valence-corrected chi connectivity index (χ0v) is 17.3. The van der Waals surface area contributed by atoms with Crippen LogP contribution in [0.25, 0.3) is 5.78 Å². The van der Waals surface area contributed by atoms with E-state index in [2.05, 4.69) is 25.7 Å². The number of H-pyrrole nitrogens is 1. The summed E-state index contributed by atoms with van der Waals surface area (Å²) in [4.78, 5) is 33.9. The lowest BCUT2D eigenvalue weighted by atomic mass is 10.1. The highest BCUT2D eigenvalue weighted by atomic mass is 16.1. The van der Waals surface area contributed by atoms with Gasteiger partial charge >= 0.3 is 0 Å². The fourth-order valence-electron chi connectivity index (χ4n) is 3.33. The van der Waals surface area contributed by atoms with Crippen molar-refractivity contribution in [3.8, 4) is 0 Å². The molecule has 8 heteroatoms. The van der Waals surface area contributed by atoms with E-state index >= 15 is 0 Å². The van der Waals surface area contributed by atoms with E-state index in [0.717, 1.165) is 11.1 Å². The van der Waals surface area contributed by atoms with Crippen LogP contribution in [0.15, 0.2) is 65.5 Å². The number of benzene rings is 2. The summed E-state index contributed by atoms with van der Waals surface area (Å²) in [5, 5.41) is 9.01. The minimum absolute atomic E-state index is 0.109. The highest BCUT2D eigenvalue weighted by Crippen LogP contribution is 2.09. The molecule has 1 amide bonds. The van der Waals surface area contributed by atoms with E-state index in [0.29, 0.717) is 42.5 Å². The van der Waals surface area contributed by atoms with Crippen LogP contribution in [0.5, 0.6) is 0 Å². The normalized spacial score (nSPS) is 10.9. The van der Waals surface area contributed by atoms with Gasteiger partial charge < -0.3 is 10.6 Å². The van der Waals surface area contributed by atoms with Crippen LogP contribution in [-0.4, -0.2) is 25.5 Å². The molecule has 0 saturated carbocycles. The molecule has 0 spiro atoms. The zero-order chi connectivity index (χ0) is 21.6. The maximum Gasteiger partial charge on any atom is 0.277 e. The molecule has 0 saturated heterocycles. The Morgan fingerprint density at radius 1 is 0.968 bits per heavy atom. The quantitative estimate of drug-likeness (QED) is 0.410. The van der Waals surface area contributed by atoms with Crippen LogP contribution < -0.4 is 16.2 Å². The number of hydrogen-bond acceptors (Lipinski definition) is 5. The maximum atomic E-state index is 12.9. The Hall–Kier alpha value is -3.94. The Morgan fingerprint density at radius 2 is 1.61 bits per heavy atom. The third kappa shape index (κ3) is 4.98. The van der Waals surface area contributed by atoms with Crippen molar-refractivity contribution in [2.45, 2.75) is 32.9 Å². The van der Waals surface area contributed by atoms with E-state index < -0.39 is 0 Å². The number of fused-ring (bicyclic) bond motifs is 1. The van der Waals surface area contributed by atoms with Crippen LogP contribution in [0.2, 0.25) is 0 Å². The van der Waals surface area contributed by atoms with Gasteiger partial charge in [-0.3, -0.25) is 14.7 Å². The van der Waals surface area contributed by atoms with Crippen LogP contribution >= 0.6 is 0 Å². The van der Waals surface area contributed by atoms with Crippen molar-refractivity contribution in [1.29, 1.82) is 0 Å². The van der Waals surface area contributed by atoms with Crippen molar-refractivity contribution in [2.24, 2.45) is 0 Å². The number of nitrogens with one attached hydrogen (secondary N) is 3. The SMILES string of the molecule is Cc1nc2nc(NCc3ccccc3)[nH]n2c(=O)c1CCC(=O)NCc1ccccc1. The summed E-state index contributed by atoms with van der Waals surface area (Å²) >= 11 is 0. The highest BCUT2D eigenvalue weighted by Gasteiger charge is 2.14. The standard InChI is InChI=1S/C23H24N6O2/c1-16-19(12-13-20(30)24-14-17-8-4-2-5-9-17)21(31)29-23(26-16)27-22(28-29)25-15-18-10-6-3-7-11-18/h2-11H,12-15H2,1H3,(H,24,30)(H2,25,26,27,28). The van der Waals surface area contributed by atoms with E-state index in [-0.39, 0.29) is 17.9 Å². The third-order valence-corrected chi connectivity index (χ3v) is 5.03. The monoisotopic (exact) mass is 416 g/mol. The summed E-state index contributed by atoms with van der Waals surface area (Å²) < 4.78 is 1.32. The van der Waals surface area contributed by atoms with Gasteiger partial charge in [0.25, 0.3) is 11.3 Å². The molecular weight excluding hydrogens is 392 g/mol. The first kappa shape index (κ1) is 20.3. The number of amides is 1. The molecule has 0 aliphatic carbocycles. The van der Waals surface area contributed by atoms with Crippen LogP contribution in [0.1, 0.15) is 28.8 Å². The summed E-state index contributed by atoms with van der Waals surface area (Å²) in [6, 6.07) is 19.6. The summed E-state index contributed by atoms with van der Waals surface area (Å²) in [7, 11) is 0. The molecule has 0 radical (unpaired) electrons. The minimum Gasteiger partial charge on any atom is -0.352 e. The topological polar surface area (TPSA) is 104 Å². The molecule has 4 rings (SSSR count). The second-order valence-corrected chi connectivity index (χ2v) is 7.29. The van der Waals surface area contributed by atoms with E-state index in [1.165, 1.54) is 4.52 Å². The van der Waals surface area contributed by atoms with Crippen molar-refractivity contribution in [2.75, 3.05) is 5.32 Å². The predicted molar refractivity (Wildman–Crippen MR) is 119 cm³/mol. The molecule has 4 aromatic rings. The number of aromatic amines is 1. The van der Waals surface area contributed by atoms with Gasteiger partial charge in [0.1, 0.15) is 0 Å². The highest BCUT2D eigenvalue weighted by molar-refractivity contribution is 5.76. The Morgan fingerprint density at radius 3 is 2.29 bits per heavy atom. The third-order valence-electron chi connectivity index (χ3n) is 5.03. The molecule has 0 unspecified atom stereocenters. The number of nitrogens with zero attached hydrogens (tertiary/aromatic N) is 3. The van der Waals surface area contributed by atoms with Crippen molar-refractivity contribution >= 4 is 17.6 Å². The molecule has 3 N–H and O–H groups in total. The fraction of sp³-hybridized carbons (Fsp3) is 0.217. The lowest BCUT2D eigenvalue weighted by Gasteiger charge is -2.07. The van der Waals surface area contributed by atoms with Gasteiger partial charge in [-0.05, 0) is 24.5 Å². The van der Waals surface area contributed by atoms with Crippen molar-refractivity contribution in [3.05, 3.63) is 93.4 Å². The number of aryl methyl sites for hydroxylation is 1. The van der Waals surface area contributed by atoms with Crippen LogP contribution in [0.4, 0.5) is 5.95 Å². The molecule has 2 aromatic heterocycles. The lowest BCUT2D eigenvalue weighted by Crippen LogP contribution is -2.26. The van der Waals surface area contributed by atoms with E-state index in [9.17, 15) is 9.59 Å². The molecule has 0 fully saturated rings. The van der Waals surface area contributed by atoms with Gasteiger partial charge in [0.05, 0.1) is 5.69 Å². The molecule has 0 aliphatic heterocycles. The first-order chi connectivity index (χ1) is 15.1. The second-order valence-electron chi connectivity index (χ2n) is 7.29. The summed E-state index contributed by atoms with van der Waals surface area (Å²) in [6.07, 6.45) is 0.525. The average Bonchev–Trinajstić information content (AvgIpc) is 3.20. The number of hydrogen-bond donors (Lipinski definition) is 3. The van der Waals surface area contributed by atoms with Crippen molar-refractivity contribution in [3.63, 3.8) is 0 Å². The first-order valence-electron chi connectivity index (χ1n) is 10.2. The van der Waals surface area contributed by atoms with E-state index in [4.69, 9.17) is 0 Å². The average molecular weight is 416 g/mol. The van der Waals surface area contributed by atoms with Gasteiger partial charge in [0.15, 0.2) is 0 Å². The van der Waals surface area contributed by atoms with Gasteiger partial charge in [-0.2, -0.15) is 9.50 Å². The molecule has 0 bridgehead atoms. The van der Waals surface area contributed by atoms with Crippen LogP contribution in [0, 0.1) is 6.92 Å². The zero-order valence-electron chi connectivity index (χ0n) is 17.3. The Labute approximate surface area is 179 Å². The molecule has 8 nitrogen and oxygen atoms in total. The van der Waals surface area contributed by atoms with Crippen molar-refractivity contribution < 1.29 is 4.79 Å².